The Morgan fingerprint density at radius 1 is 0.472 bits per heavy atom. The number of anilines is 4. The van der Waals surface area contributed by atoms with E-state index >= 15 is 0 Å². The zero-order valence-corrected chi connectivity index (χ0v) is 28.9. The lowest BCUT2D eigenvalue weighted by molar-refractivity contribution is 0.619. The van der Waals surface area contributed by atoms with Gasteiger partial charge in [-0.2, -0.15) is 0 Å². The van der Waals surface area contributed by atoms with Gasteiger partial charge in [-0.05, 0) is 94.1 Å². The molecule has 0 unspecified atom stereocenters. The number of furan rings is 1. The smallest absolute Gasteiger partial charge is 0.159 e. The molecule has 9 aromatic rings. The minimum atomic E-state index is 0.707. The summed E-state index contributed by atoms with van der Waals surface area (Å²) in [4.78, 5) is 9.56. The molecule has 0 fully saturated rings. The van der Waals surface area contributed by atoms with Crippen molar-refractivity contribution in [2.45, 2.75) is 0 Å². The standard InChI is InChI=1S/C48H34N4O/c1-4-15-34(16-5-1)46(35-17-6-2-7-18-35)47(37-26-27-40-44(32-37)52(43-28-30-53-48(40)43)45-25-12-13-29-49-45)36-19-14-22-39(31-36)51-33-50(38-20-8-3-9-21-38)41-23-10-11-24-42(41)51/h1-32H,33H2. The van der Waals surface area contributed by atoms with Gasteiger partial charge in [-0.15, -0.1) is 0 Å². The van der Waals surface area contributed by atoms with E-state index in [4.69, 9.17) is 9.40 Å². The van der Waals surface area contributed by atoms with Gasteiger partial charge in [0.15, 0.2) is 5.58 Å². The molecule has 0 atom stereocenters. The van der Waals surface area contributed by atoms with E-state index < -0.39 is 0 Å². The lowest BCUT2D eigenvalue weighted by Gasteiger charge is -2.24. The molecule has 3 aromatic heterocycles. The fraction of sp³-hybridized carbons (Fsp3) is 0.0208. The largest absolute Gasteiger partial charge is 0.462 e. The number of hydrogen-bond donors (Lipinski definition) is 0. The lowest BCUT2D eigenvalue weighted by atomic mass is 9.85. The lowest BCUT2D eigenvalue weighted by Crippen LogP contribution is -2.23. The predicted molar refractivity (Wildman–Crippen MR) is 217 cm³/mol. The highest BCUT2D eigenvalue weighted by atomic mass is 16.3. The number of nitrogens with zero attached hydrogens (tertiary/aromatic N) is 4. The number of rotatable bonds is 7. The van der Waals surface area contributed by atoms with Gasteiger partial charge in [-0.3, -0.25) is 4.57 Å². The summed E-state index contributed by atoms with van der Waals surface area (Å²) in [5.41, 5.74) is 14.4. The minimum Gasteiger partial charge on any atom is -0.462 e. The van der Waals surface area contributed by atoms with Gasteiger partial charge >= 0.3 is 0 Å². The summed E-state index contributed by atoms with van der Waals surface area (Å²) in [6.45, 7) is 0.707. The Labute approximate surface area is 307 Å². The van der Waals surface area contributed by atoms with Crippen LogP contribution in [0.15, 0.2) is 199 Å². The van der Waals surface area contributed by atoms with E-state index in [0.717, 1.165) is 66.9 Å². The normalized spacial score (nSPS) is 12.4. The molecule has 0 spiro atoms. The molecule has 0 aliphatic carbocycles. The number of fused-ring (bicyclic) bond motifs is 4. The van der Waals surface area contributed by atoms with Crippen molar-refractivity contribution < 1.29 is 4.42 Å². The SMILES string of the molecule is c1ccc(C(=C(c2cccc(N3CN(c4ccccc4)c4ccccc43)c2)c2ccc3c4occc4n(-c4ccccn4)c3c2)c2ccccc2)cc1. The molecule has 1 aliphatic rings. The van der Waals surface area contributed by atoms with Crippen LogP contribution >= 0.6 is 0 Å². The number of pyridine rings is 1. The molecule has 0 saturated carbocycles. The van der Waals surface area contributed by atoms with Crippen LogP contribution in [0.5, 0.6) is 0 Å². The third-order valence-electron chi connectivity index (χ3n) is 10.2. The van der Waals surface area contributed by atoms with Crippen LogP contribution in [0.1, 0.15) is 22.3 Å². The number of aromatic nitrogens is 2. The summed E-state index contributed by atoms with van der Waals surface area (Å²) >= 11 is 0. The molecule has 5 heteroatoms. The van der Waals surface area contributed by atoms with Gasteiger partial charge < -0.3 is 14.2 Å². The van der Waals surface area contributed by atoms with Gasteiger partial charge in [0.25, 0.3) is 0 Å². The number of hydrogen-bond acceptors (Lipinski definition) is 4. The number of para-hydroxylation sites is 3. The van der Waals surface area contributed by atoms with Crippen molar-refractivity contribution in [2.75, 3.05) is 16.5 Å². The Balaban J connectivity index is 1.22. The summed E-state index contributed by atoms with van der Waals surface area (Å²) in [6.07, 6.45) is 3.60. The van der Waals surface area contributed by atoms with Crippen LogP contribution in [-0.2, 0) is 0 Å². The van der Waals surface area contributed by atoms with Crippen molar-refractivity contribution >= 4 is 55.9 Å². The maximum atomic E-state index is 6.08. The third kappa shape index (κ3) is 5.29. The first-order valence-electron chi connectivity index (χ1n) is 17.9. The maximum Gasteiger partial charge on any atom is 0.159 e. The van der Waals surface area contributed by atoms with E-state index in [0.29, 0.717) is 6.67 Å². The van der Waals surface area contributed by atoms with Crippen LogP contribution in [0.2, 0.25) is 0 Å². The van der Waals surface area contributed by atoms with Crippen LogP contribution in [0.3, 0.4) is 0 Å². The molecule has 0 radical (unpaired) electrons. The average molecular weight is 683 g/mol. The van der Waals surface area contributed by atoms with Crippen LogP contribution in [-0.4, -0.2) is 16.2 Å². The van der Waals surface area contributed by atoms with E-state index in [-0.39, 0.29) is 0 Å². The Morgan fingerprint density at radius 2 is 1.06 bits per heavy atom. The predicted octanol–water partition coefficient (Wildman–Crippen LogP) is 12.0. The van der Waals surface area contributed by atoms with Crippen molar-refractivity contribution in [3.05, 3.63) is 217 Å². The Morgan fingerprint density at radius 3 is 1.75 bits per heavy atom. The second-order valence-corrected chi connectivity index (χ2v) is 13.2. The van der Waals surface area contributed by atoms with Gasteiger partial charge in [0.1, 0.15) is 12.5 Å². The molecule has 252 valence electrons. The van der Waals surface area contributed by atoms with Crippen LogP contribution in [0.4, 0.5) is 22.7 Å². The summed E-state index contributed by atoms with van der Waals surface area (Å²) in [5.74, 6) is 0.848. The summed E-state index contributed by atoms with van der Waals surface area (Å²) in [7, 11) is 0. The summed E-state index contributed by atoms with van der Waals surface area (Å²) in [6, 6.07) is 64.6. The van der Waals surface area contributed by atoms with E-state index in [1.165, 1.54) is 17.1 Å². The fourth-order valence-electron chi connectivity index (χ4n) is 7.82. The van der Waals surface area contributed by atoms with E-state index in [2.05, 4.69) is 172 Å². The van der Waals surface area contributed by atoms with Crippen LogP contribution < -0.4 is 9.80 Å². The highest BCUT2D eigenvalue weighted by molar-refractivity contribution is 6.10. The first-order chi connectivity index (χ1) is 26.3. The maximum absolute atomic E-state index is 6.08. The van der Waals surface area contributed by atoms with Crippen LogP contribution in [0.25, 0.3) is 39.0 Å². The van der Waals surface area contributed by atoms with Gasteiger partial charge in [0.05, 0.1) is 28.7 Å². The zero-order chi connectivity index (χ0) is 35.1. The summed E-state index contributed by atoms with van der Waals surface area (Å²) < 4.78 is 8.28. The molecular weight excluding hydrogens is 649 g/mol. The topological polar surface area (TPSA) is 37.4 Å². The third-order valence-corrected chi connectivity index (χ3v) is 10.2. The highest BCUT2D eigenvalue weighted by Crippen LogP contribution is 2.46. The van der Waals surface area contributed by atoms with Gasteiger partial charge in [0, 0.05) is 29.0 Å². The van der Waals surface area contributed by atoms with Crippen molar-refractivity contribution in [1.29, 1.82) is 0 Å². The van der Waals surface area contributed by atoms with Gasteiger partial charge in [-0.1, -0.05) is 115 Å². The van der Waals surface area contributed by atoms with Crippen molar-refractivity contribution in [3.8, 4) is 5.82 Å². The van der Waals surface area contributed by atoms with Crippen molar-refractivity contribution in [1.82, 2.24) is 9.55 Å². The Hall–Kier alpha value is -7.11. The van der Waals surface area contributed by atoms with Crippen molar-refractivity contribution in [3.63, 3.8) is 0 Å². The monoisotopic (exact) mass is 682 g/mol. The molecule has 0 saturated heterocycles. The van der Waals surface area contributed by atoms with Crippen LogP contribution in [0, 0.1) is 0 Å². The molecule has 4 heterocycles. The Kier molecular flexibility index (Phi) is 7.47. The second kappa shape index (κ2) is 12.9. The molecule has 53 heavy (non-hydrogen) atoms. The average Bonchev–Trinajstić information content (AvgIpc) is 3.94. The highest BCUT2D eigenvalue weighted by Gasteiger charge is 2.28. The quantitative estimate of drug-likeness (QED) is 0.157. The zero-order valence-electron chi connectivity index (χ0n) is 28.9. The minimum absolute atomic E-state index is 0.707. The van der Waals surface area contributed by atoms with Gasteiger partial charge in [0.2, 0.25) is 0 Å². The molecule has 10 rings (SSSR count). The molecule has 0 N–H and O–H groups in total. The van der Waals surface area contributed by atoms with E-state index in [9.17, 15) is 0 Å². The van der Waals surface area contributed by atoms with E-state index in [1.807, 2.05) is 30.5 Å². The first-order valence-corrected chi connectivity index (χ1v) is 17.9. The molecule has 5 nitrogen and oxygen atoms in total. The number of benzene rings is 6. The van der Waals surface area contributed by atoms with E-state index in [1.54, 1.807) is 6.26 Å². The fourth-order valence-corrected chi connectivity index (χ4v) is 7.82. The summed E-state index contributed by atoms with van der Waals surface area (Å²) in [5, 5.41) is 1.04. The van der Waals surface area contributed by atoms with Gasteiger partial charge in [-0.25, -0.2) is 4.98 Å². The molecule has 6 aromatic carbocycles. The Bertz CT molecular complexity index is 2710. The molecular formula is C48H34N4O. The molecule has 0 bridgehead atoms. The first kappa shape index (κ1) is 30.7. The van der Waals surface area contributed by atoms with Crippen molar-refractivity contribution in [2.24, 2.45) is 0 Å². The molecule has 0 amide bonds. The second-order valence-electron chi connectivity index (χ2n) is 13.2. The molecule has 1 aliphatic heterocycles.